The zero-order valence-electron chi connectivity index (χ0n) is 16.8. The van der Waals surface area contributed by atoms with Gasteiger partial charge >= 0.3 is 6.18 Å². The molecule has 15 heteroatoms. The number of nitrogens with zero attached hydrogens (tertiary/aromatic N) is 2. The fraction of sp³-hybridized carbons (Fsp3) is 0.278. The molecule has 0 saturated heterocycles. The van der Waals surface area contributed by atoms with Crippen LogP contribution < -0.4 is 14.8 Å². The van der Waals surface area contributed by atoms with Gasteiger partial charge in [0, 0.05) is 0 Å². The number of hydrogen-bond donors (Lipinski definition) is 3. The molecule has 3 rings (SSSR count). The van der Waals surface area contributed by atoms with E-state index in [0.29, 0.717) is 6.07 Å². The van der Waals surface area contributed by atoms with Gasteiger partial charge in [-0.25, -0.2) is 22.2 Å². The third kappa shape index (κ3) is 5.85. The number of ether oxygens (including phenoxy) is 1. The molecule has 33 heavy (non-hydrogen) atoms. The van der Waals surface area contributed by atoms with Crippen molar-refractivity contribution in [1.82, 2.24) is 15.2 Å². The third-order valence-corrected chi connectivity index (χ3v) is 5.54. The topological polar surface area (TPSA) is 126 Å². The summed E-state index contributed by atoms with van der Waals surface area (Å²) in [4.78, 5) is 16.4. The summed E-state index contributed by atoms with van der Waals surface area (Å²) in [7, 11) is -3.92. The number of hydrogen-bond acceptors (Lipinski definition) is 6. The highest BCUT2D eigenvalue weighted by molar-refractivity contribution is 7.92. The molecular formula is C18H16F5N5O4S. The van der Waals surface area contributed by atoms with Gasteiger partial charge in [-0.05, 0) is 24.6 Å². The Kier molecular flexibility index (Phi) is 6.71. The summed E-state index contributed by atoms with van der Waals surface area (Å²) in [5.74, 6) is -4.77. The van der Waals surface area contributed by atoms with Crippen molar-refractivity contribution in [3.05, 3.63) is 41.6 Å². The van der Waals surface area contributed by atoms with E-state index < -0.39 is 57.5 Å². The molecule has 9 nitrogen and oxygen atoms in total. The van der Waals surface area contributed by atoms with Gasteiger partial charge in [0.15, 0.2) is 18.1 Å². The van der Waals surface area contributed by atoms with E-state index in [1.54, 1.807) is 6.92 Å². The van der Waals surface area contributed by atoms with Crippen LogP contribution in [0.1, 0.15) is 23.7 Å². The van der Waals surface area contributed by atoms with Gasteiger partial charge in [0.2, 0.25) is 15.9 Å². The Morgan fingerprint density at radius 1 is 1.24 bits per heavy atom. The SMILES string of the molecule is CCCS(=O)(=O)Nc1ccc(F)c(C(=O)Nc2cnc3[nH]nc(OCC(F)(F)F)c3c2)c1F. The number of rotatable bonds is 8. The standard InChI is InChI=1S/C18H16F5N5O4S/c1-2-5-33(30,31)28-12-4-3-11(19)13(14(12)20)16(29)25-9-6-10-15(24-7-9)26-27-17(10)32-8-18(21,22)23/h3-4,6-7,28H,2,5,8H2,1H3,(H,25,29)(H,24,26,27). The molecule has 0 aliphatic carbocycles. The highest BCUT2D eigenvalue weighted by atomic mass is 32.2. The molecule has 3 N–H and O–H groups in total. The number of halogens is 5. The number of carbonyl (C=O) groups excluding carboxylic acids is 1. The number of pyridine rings is 1. The summed E-state index contributed by atoms with van der Waals surface area (Å²) >= 11 is 0. The number of anilines is 2. The van der Waals surface area contributed by atoms with Crippen LogP contribution in [0.3, 0.4) is 0 Å². The molecule has 0 aliphatic heterocycles. The number of nitrogens with one attached hydrogen (secondary N) is 3. The predicted molar refractivity (Wildman–Crippen MR) is 107 cm³/mol. The highest BCUT2D eigenvalue weighted by Gasteiger charge is 2.29. The first-order chi connectivity index (χ1) is 15.4. The van der Waals surface area contributed by atoms with Gasteiger partial charge in [-0.2, -0.15) is 13.2 Å². The van der Waals surface area contributed by atoms with E-state index in [-0.39, 0.29) is 28.9 Å². The third-order valence-electron chi connectivity index (χ3n) is 4.07. The maximum absolute atomic E-state index is 14.8. The minimum absolute atomic E-state index is 0.0286. The average molecular weight is 493 g/mol. The van der Waals surface area contributed by atoms with Crippen LogP contribution >= 0.6 is 0 Å². The minimum atomic E-state index is -4.62. The Hall–Kier alpha value is -3.49. The van der Waals surface area contributed by atoms with E-state index in [4.69, 9.17) is 0 Å². The van der Waals surface area contributed by atoms with Gasteiger partial charge in [0.1, 0.15) is 11.4 Å². The van der Waals surface area contributed by atoms with E-state index in [2.05, 4.69) is 25.2 Å². The fourth-order valence-corrected chi connectivity index (χ4v) is 3.86. The molecule has 0 atom stereocenters. The Balaban J connectivity index is 1.87. The summed E-state index contributed by atoms with van der Waals surface area (Å²) < 4.78 is 96.4. The molecule has 0 saturated carbocycles. The first-order valence-electron chi connectivity index (χ1n) is 9.23. The van der Waals surface area contributed by atoms with Crippen molar-refractivity contribution in [3.8, 4) is 5.88 Å². The van der Waals surface area contributed by atoms with Crippen LogP contribution in [-0.2, 0) is 10.0 Å². The predicted octanol–water partition coefficient (Wildman–Crippen LogP) is 3.58. The number of alkyl halides is 3. The summed E-state index contributed by atoms with van der Waals surface area (Å²) in [6, 6.07) is 2.68. The number of fused-ring (bicyclic) bond motifs is 1. The van der Waals surface area contributed by atoms with Crippen LogP contribution in [0.5, 0.6) is 5.88 Å². The van der Waals surface area contributed by atoms with Crippen molar-refractivity contribution in [1.29, 1.82) is 0 Å². The summed E-state index contributed by atoms with van der Waals surface area (Å²) in [6.07, 6.45) is -3.32. The molecule has 1 aromatic carbocycles. The van der Waals surface area contributed by atoms with E-state index in [0.717, 1.165) is 18.3 Å². The zero-order valence-corrected chi connectivity index (χ0v) is 17.6. The quantitative estimate of drug-likeness (QED) is 0.412. The second kappa shape index (κ2) is 9.17. The molecule has 0 bridgehead atoms. The monoisotopic (exact) mass is 493 g/mol. The van der Waals surface area contributed by atoms with E-state index in [1.807, 2.05) is 4.72 Å². The van der Waals surface area contributed by atoms with Crippen molar-refractivity contribution >= 4 is 38.3 Å². The molecule has 0 fully saturated rings. The number of sulfonamides is 1. The molecule has 0 unspecified atom stereocenters. The van der Waals surface area contributed by atoms with Crippen LogP contribution in [-0.4, -0.2) is 48.0 Å². The van der Waals surface area contributed by atoms with Gasteiger partial charge < -0.3 is 10.1 Å². The average Bonchev–Trinajstić information content (AvgIpc) is 3.10. The van der Waals surface area contributed by atoms with Crippen molar-refractivity contribution in [3.63, 3.8) is 0 Å². The molecule has 0 radical (unpaired) electrons. The molecule has 1 amide bonds. The normalized spacial score (nSPS) is 12.1. The lowest BCUT2D eigenvalue weighted by molar-refractivity contribution is -0.153. The van der Waals surface area contributed by atoms with Crippen LogP contribution in [0.2, 0.25) is 0 Å². The van der Waals surface area contributed by atoms with Gasteiger partial charge in [-0.15, -0.1) is 5.10 Å². The number of aromatic amines is 1. The van der Waals surface area contributed by atoms with E-state index in [9.17, 15) is 35.2 Å². The Labute approximate surface area is 183 Å². The molecule has 2 heterocycles. The van der Waals surface area contributed by atoms with Gasteiger partial charge in [-0.1, -0.05) is 6.92 Å². The molecular weight excluding hydrogens is 477 g/mol. The molecule has 0 aliphatic rings. The van der Waals surface area contributed by atoms with Crippen molar-refractivity contribution < 1.29 is 39.9 Å². The highest BCUT2D eigenvalue weighted by Crippen LogP contribution is 2.27. The second-order valence-corrected chi connectivity index (χ2v) is 8.55. The van der Waals surface area contributed by atoms with Crippen molar-refractivity contribution in [2.75, 3.05) is 22.4 Å². The van der Waals surface area contributed by atoms with Crippen LogP contribution in [0.25, 0.3) is 11.0 Å². The lowest BCUT2D eigenvalue weighted by Gasteiger charge is -2.12. The molecule has 0 spiro atoms. The van der Waals surface area contributed by atoms with Crippen molar-refractivity contribution in [2.45, 2.75) is 19.5 Å². The van der Waals surface area contributed by atoms with Crippen LogP contribution in [0.15, 0.2) is 24.4 Å². The summed E-state index contributed by atoms with van der Waals surface area (Å²) in [5, 5.41) is 8.03. The van der Waals surface area contributed by atoms with E-state index >= 15 is 0 Å². The van der Waals surface area contributed by atoms with E-state index in [1.165, 1.54) is 0 Å². The summed E-state index contributed by atoms with van der Waals surface area (Å²) in [5.41, 5.74) is -1.80. The smallest absolute Gasteiger partial charge is 0.422 e. The summed E-state index contributed by atoms with van der Waals surface area (Å²) in [6.45, 7) is -0.0374. The largest absolute Gasteiger partial charge is 0.466 e. The Morgan fingerprint density at radius 2 is 1.97 bits per heavy atom. The first kappa shape index (κ1) is 24.2. The van der Waals surface area contributed by atoms with Gasteiger partial charge in [-0.3, -0.25) is 14.6 Å². The van der Waals surface area contributed by atoms with Gasteiger partial charge in [0.05, 0.1) is 28.7 Å². The lowest BCUT2D eigenvalue weighted by Crippen LogP contribution is -2.20. The van der Waals surface area contributed by atoms with Crippen LogP contribution in [0.4, 0.5) is 33.3 Å². The van der Waals surface area contributed by atoms with Crippen LogP contribution in [0, 0.1) is 11.6 Å². The first-order valence-corrected chi connectivity index (χ1v) is 10.9. The maximum Gasteiger partial charge on any atom is 0.422 e. The maximum atomic E-state index is 14.8. The minimum Gasteiger partial charge on any atom is -0.466 e. The number of aromatic nitrogens is 3. The molecule has 3 aromatic rings. The Morgan fingerprint density at radius 3 is 2.64 bits per heavy atom. The number of benzene rings is 1. The Bertz CT molecular complexity index is 1290. The molecule has 2 aromatic heterocycles. The number of carbonyl (C=O) groups is 1. The fourth-order valence-electron chi connectivity index (χ4n) is 2.73. The van der Waals surface area contributed by atoms with Crippen molar-refractivity contribution in [2.24, 2.45) is 0 Å². The number of amides is 1. The lowest BCUT2D eigenvalue weighted by atomic mass is 10.1. The molecule has 178 valence electrons. The number of H-pyrrole nitrogens is 1. The van der Waals surface area contributed by atoms with Gasteiger partial charge in [0.25, 0.3) is 5.91 Å². The second-order valence-electron chi connectivity index (χ2n) is 6.71. The zero-order chi connectivity index (χ0) is 24.4.